The summed E-state index contributed by atoms with van der Waals surface area (Å²) in [6, 6.07) is -0.941. The number of alkyl halides is 3. The summed E-state index contributed by atoms with van der Waals surface area (Å²) in [5.74, 6) is -1.55. The largest absolute Gasteiger partial charge is 0.481 e. The van der Waals surface area contributed by atoms with Gasteiger partial charge in [-0.05, 0) is 32.1 Å². The molecule has 0 bridgehead atoms. The Kier molecular flexibility index (Phi) is 5.10. The molecule has 2 fully saturated rings. The fraction of sp³-hybridized carbons (Fsp3) is 0.867. The Morgan fingerprint density at radius 2 is 1.96 bits per heavy atom. The Balaban J connectivity index is 1.94. The van der Waals surface area contributed by atoms with Crippen molar-refractivity contribution in [3.05, 3.63) is 0 Å². The molecule has 0 radical (unpaired) electrons. The predicted octanol–water partition coefficient (Wildman–Crippen LogP) is 3.00. The minimum atomic E-state index is -4.24. The van der Waals surface area contributed by atoms with E-state index in [2.05, 4.69) is 5.32 Å². The van der Waals surface area contributed by atoms with Crippen LogP contribution in [0.2, 0.25) is 0 Å². The van der Waals surface area contributed by atoms with E-state index in [1.807, 2.05) is 0 Å². The van der Waals surface area contributed by atoms with Crippen LogP contribution in [0, 0.1) is 11.3 Å². The average Bonchev–Trinajstić information content (AvgIpc) is 2.83. The van der Waals surface area contributed by atoms with E-state index in [1.54, 1.807) is 6.92 Å². The third-order valence-corrected chi connectivity index (χ3v) is 4.99. The van der Waals surface area contributed by atoms with E-state index in [4.69, 9.17) is 0 Å². The van der Waals surface area contributed by atoms with Crippen LogP contribution < -0.4 is 5.32 Å². The minimum Gasteiger partial charge on any atom is -0.481 e. The molecular weight excluding hydrogens is 313 g/mol. The van der Waals surface area contributed by atoms with Crippen LogP contribution in [0.25, 0.3) is 0 Å². The zero-order valence-electron chi connectivity index (χ0n) is 13.2. The lowest BCUT2D eigenvalue weighted by Crippen LogP contribution is -2.49. The van der Waals surface area contributed by atoms with E-state index >= 15 is 0 Å². The highest BCUT2D eigenvalue weighted by Gasteiger charge is 2.43. The van der Waals surface area contributed by atoms with Crippen molar-refractivity contribution in [2.45, 2.75) is 57.7 Å². The molecule has 2 aliphatic rings. The number of nitrogens with zero attached hydrogens (tertiary/aromatic N) is 1. The highest BCUT2D eigenvalue weighted by molar-refractivity contribution is 5.79. The van der Waals surface area contributed by atoms with Crippen molar-refractivity contribution in [3.63, 3.8) is 0 Å². The van der Waals surface area contributed by atoms with Gasteiger partial charge in [0.2, 0.25) is 0 Å². The number of hydrogen-bond acceptors (Lipinski definition) is 2. The van der Waals surface area contributed by atoms with Crippen LogP contribution in [-0.4, -0.2) is 47.3 Å². The van der Waals surface area contributed by atoms with Gasteiger partial charge in [0.25, 0.3) is 0 Å². The molecule has 132 valence electrons. The zero-order chi connectivity index (χ0) is 17.3. The molecule has 1 heterocycles. The van der Waals surface area contributed by atoms with Crippen molar-refractivity contribution < 1.29 is 27.9 Å². The van der Waals surface area contributed by atoms with E-state index in [9.17, 15) is 27.9 Å². The van der Waals surface area contributed by atoms with Crippen molar-refractivity contribution in [2.24, 2.45) is 11.3 Å². The Hall–Kier alpha value is -1.47. The number of carboxylic acids is 1. The van der Waals surface area contributed by atoms with Gasteiger partial charge in [0.15, 0.2) is 0 Å². The van der Waals surface area contributed by atoms with Gasteiger partial charge in [-0.3, -0.25) is 4.79 Å². The molecule has 1 saturated carbocycles. The smallest absolute Gasteiger partial charge is 0.389 e. The monoisotopic (exact) mass is 336 g/mol. The summed E-state index contributed by atoms with van der Waals surface area (Å²) in [5.41, 5.74) is -0.977. The molecule has 23 heavy (non-hydrogen) atoms. The van der Waals surface area contributed by atoms with Crippen LogP contribution in [0.3, 0.4) is 0 Å². The summed E-state index contributed by atoms with van der Waals surface area (Å²) in [7, 11) is 0. The number of nitrogens with one attached hydrogen (secondary N) is 1. The van der Waals surface area contributed by atoms with E-state index < -0.39 is 42.0 Å². The van der Waals surface area contributed by atoms with Gasteiger partial charge < -0.3 is 15.3 Å². The molecule has 2 amide bonds. The van der Waals surface area contributed by atoms with E-state index in [0.717, 1.165) is 12.8 Å². The first-order valence-electron chi connectivity index (χ1n) is 7.96. The number of rotatable bonds is 3. The summed E-state index contributed by atoms with van der Waals surface area (Å²) in [6.07, 6.45) is -2.23. The second-order valence-electron chi connectivity index (χ2n) is 6.96. The molecule has 0 aromatic carbocycles. The molecule has 1 unspecified atom stereocenters. The quantitative estimate of drug-likeness (QED) is 0.832. The fourth-order valence-corrected chi connectivity index (χ4v) is 3.50. The highest BCUT2D eigenvalue weighted by atomic mass is 19.4. The predicted molar refractivity (Wildman–Crippen MR) is 76.9 cm³/mol. The Morgan fingerprint density at radius 3 is 2.52 bits per heavy atom. The van der Waals surface area contributed by atoms with Gasteiger partial charge >= 0.3 is 18.2 Å². The van der Waals surface area contributed by atoms with Gasteiger partial charge in [-0.2, -0.15) is 13.2 Å². The number of hydrogen-bond donors (Lipinski definition) is 2. The lowest BCUT2D eigenvalue weighted by Gasteiger charge is -2.34. The first-order chi connectivity index (χ1) is 10.6. The lowest BCUT2D eigenvalue weighted by molar-refractivity contribution is -0.149. The molecule has 2 rings (SSSR count). The first-order valence-corrected chi connectivity index (χ1v) is 7.96. The topological polar surface area (TPSA) is 69.6 Å². The average molecular weight is 336 g/mol. The molecule has 1 aliphatic heterocycles. The van der Waals surface area contributed by atoms with Crippen LogP contribution >= 0.6 is 0 Å². The Bertz CT molecular complexity index is 469. The second-order valence-corrected chi connectivity index (χ2v) is 6.96. The van der Waals surface area contributed by atoms with Crippen molar-refractivity contribution in [2.75, 3.05) is 13.1 Å². The SMILES string of the molecule is CC1(C(=O)O)CCN(C(=O)N[C@H]2CCCC[C@H]2CC(F)(F)F)C1. The van der Waals surface area contributed by atoms with Crippen molar-refractivity contribution >= 4 is 12.0 Å². The molecule has 2 N–H and O–H groups in total. The van der Waals surface area contributed by atoms with Gasteiger partial charge in [0.05, 0.1) is 5.41 Å². The maximum absolute atomic E-state index is 12.7. The van der Waals surface area contributed by atoms with Crippen LogP contribution in [0.5, 0.6) is 0 Å². The van der Waals surface area contributed by atoms with E-state index in [0.29, 0.717) is 25.8 Å². The van der Waals surface area contributed by atoms with Crippen LogP contribution in [0.1, 0.15) is 45.4 Å². The highest BCUT2D eigenvalue weighted by Crippen LogP contribution is 2.35. The number of likely N-dealkylation sites (tertiary alicyclic amines) is 1. The number of carbonyl (C=O) groups excluding carboxylic acids is 1. The number of urea groups is 1. The van der Waals surface area contributed by atoms with Crippen LogP contribution in [0.15, 0.2) is 0 Å². The van der Waals surface area contributed by atoms with E-state index in [1.165, 1.54) is 4.90 Å². The molecule has 5 nitrogen and oxygen atoms in total. The maximum Gasteiger partial charge on any atom is 0.389 e. The van der Waals surface area contributed by atoms with Gasteiger partial charge in [0, 0.05) is 25.6 Å². The lowest BCUT2D eigenvalue weighted by atomic mass is 9.82. The second kappa shape index (κ2) is 6.57. The van der Waals surface area contributed by atoms with Gasteiger partial charge in [-0.1, -0.05) is 12.8 Å². The molecule has 0 aromatic rings. The number of amides is 2. The zero-order valence-corrected chi connectivity index (χ0v) is 13.2. The molecule has 8 heteroatoms. The third kappa shape index (κ3) is 4.51. The van der Waals surface area contributed by atoms with Crippen molar-refractivity contribution in [1.29, 1.82) is 0 Å². The van der Waals surface area contributed by atoms with Crippen molar-refractivity contribution in [3.8, 4) is 0 Å². The van der Waals surface area contributed by atoms with E-state index in [-0.39, 0.29) is 6.54 Å². The number of carbonyl (C=O) groups is 2. The minimum absolute atomic E-state index is 0.0881. The fourth-order valence-electron chi connectivity index (χ4n) is 3.50. The molecule has 1 aliphatic carbocycles. The number of aliphatic carboxylic acids is 1. The van der Waals surface area contributed by atoms with Gasteiger partial charge in [-0.15, -0.1) is 0 Å². The normalized spacial score (nSPS) is 31.9. The Morgan fingerprint density at radius 1 is 1.30 bits per heavy atom. The number of halogens is 3. The molecule has 1 saturated heterocycles. The summed E-state index contributed by atoms with van der Waals surface area (Å²) >= 11 is 0. The molecular formula is C15H23F3N2O3. The standard InChI is InChI=1S/C15H23F3N2O3/c1-14(12(21)22)6-7-20(9-14)13(23)19-11-5-3-2-4-10(11)8-15(16,17)18/h10-11H,2-9H2,1H3,(H,19,23)(H,21,22)/t10-,11-,14?/m0/s1. The summed E-state index contributed by atoms with van der Waals surface area (Å²) in [5, 5.41) is 11.9. The van der Waals surface area contributed by atoms with Gasteiger partial charge in [0.1, 0.15) is 0 Å². The Labute approximate surface area is 133 Å². The van der Waals surface area contributed by atoms with Crippen LogP contribution in [0.4, 0.5) is 18.0 Å². The molecule has 3 atom stereocenters. The maximum atomic E-state index is 12.7. The number of carboxylic acid groups (broad SMARTS) is 1. The first kappa shape index (κ1) is 17.9. The van der Waals surface area contributed by atoms with Crippen molar-refractivity contribution in [1.82, 2.24) is 10.2 Å². The molecule has 0 aromatic heterocycles. The third-order valence-electron chi connectivity index (χ3n) is 4.99. The summed E-state index contributed by atoms with van der Waals surface area (Å²) in [6.45, 7) is 1.98. The van der Waals surface area contributed by atoms with Crippen LogP contribution in [-0.2, 0) is 4.79 Å². The van der Waals surface area contributed by atoms with Gasteiger partial charge in [-0.25, -0.2) is 4.79 Å². The summed E-state index contributed by atoms with van der Waals surface area (Å²) in [4.78, 5) is 24.9. The summed E-state index contributed by atoms with van der Waals surface area (Å²) < 4.78 is 38.0. The molecule has 0 spiro atoms.